The lowest BCUT2D eigenvalue weighted by atomic mass is 10.2. The molecule has 0 unspecified atom stereocenters. The number of nitrogens with zero attached hydrogens (tertiary/aromatic N) is 2. The van der Waals surface area contributed by atoms with Gasteiger partial charge in [-0.1, -0.05) is 0 Å². The van der Waals surface area contributed by atoms with E-state index in [-0.39, 0.29) is 6.61 Å². The number of unbranched alkanes of at least 4 members (excludes halogenated alkanes) is 2. The highest BCUT2D eigenvalue weighted by Crippen LogP contribution is 2.21. The van der Waals surface area contributed by atoms with Crippen LogP contribution in [0.2, 0.25) is 0 Å². The van der Waals surface area contributed by atoms with Crippen LogP contribution in [0.1, 0.15) is 30.7 Å². The van der Waals surface area contributed by atoms with Gasteiger partial charge in [0.1, 0.15) is 11.6 Å². The smallest absolute Gasteiger partial charge is 0.221 e. The zero-order valence-electron chi connectivity index (χ0n) is 10.8. The SMILES string of the molecule is CNc1nc(C)nc(OCCCCCO)c1C. The minimum atomic E-state index is 0.246. The van der Waals surface area contributed by atoms with Gasteiger partial charge in [0.05, 0.1) is 12.2 Å². The van der Waals surface area contributed by atoms with E-state index in [1.54, 1.807) is 0 Å². The van der Waals surface area contributed by atoms with E-state index in [2.05, 4.69) is 15.3 Å². The second-order valence-electron chi connectivity index (χ2n) is 3.93. The molecule has 1 aromatic heterocycles. The van der Waals surface area contributed by atoms with Crippen LogP contribution in [0.5, 0.6) is 5.88 Å². The van der Waals surface area contributed by atoms with Gasteiger partial charge in [0.2, 0.25) is 5.88 Å². The highest BCUT2D eigenvalue weighted by Gasteiger charge is 2.08. The first-order valence-electron chi connectivity index (χ1n) is 5.95. The maximum atomic E-state index is 8.66. The fraction of sp³-hybridized carbons (Fsp3) is 0.667. The van der Waals surface area contributed by atoms with Gasteiger partial charge >= 0.3 is 0 Å². The molecule has 1 aromatic rings. The van der Waals surface area contributed by atoms with Gasteiger partial charge in [0.25, 0.3) is 0 Å². The van der Waals surface area contributed by atoms with Crippen LogP contribution in [-0.2, 0) is 0 Å². The van der Waals surface area contributed by atoms with Crippen molar-refractivity contribution in [2.45, 2.75) is 33.1 Å². The zero-order valence-corrected chi connectivity index (χ0v) is 10.8. The molecule has 2 N–H and O–H groups in total. The van der Waals surface area contributed by atoms with Crippen molar-refractivity contribution < 1.29 is 9.84 Å². The fourth-order valence-corrected chi connectivity index (χ4v) is 1.55. The molecule has 1 heterocycles. The van der Waals surface area contributed by atoms with Crippen molar-refractivity contribution in [3.8, 4) is 5.88 Å². The molecule has 5 nitrogen and oxygen atoms in total. The van der Waals surface area contributed by atoms with E-state index in [1.165, 1.54) is 0 Å². The molecule has 0 aliphatic carbocycles. The Balaban J connectivity index is 2.55. The second kappa shape index (κ2) is 7.06. The lowest BCUT2D eigenvalue weighted by Crippen LogP contribution is -2.06. The highest BCUT2D eigenvalue weighted by molar-refractivity contribution is 5.47. The van der Waals surface area contributed by atoms with Crippen LogP contribution in [0.25, 0.3) is 0 Å². The van der Waals surface area contributed by atoms with E-state index in [9.17, 15) is 0 Å². The van der Waals surface area contributed by atoms with Crippen molar-refractivity contribution in [1.29, 1.82) is 0 Å². The van der Waals surface area contributed by atoms with E-state index in [0.29, 0.717) is 18.3 Å². The first-order valence-corrected chi connectivity index (χ1v) is 5.95. The molecule has 0 aliphatic rings. The quantitative estimate of drug-likeness (QED) is 0.709. The number of hydrogen-bond donors (Lipinski definition) is 2. The molecule has 0 bridgehead atoms. The lowest BCUT2D eigenvalue weighted by Gasteiger charge is -2.11. The van der Waals surface area contributed by atoms with Crippen molar-refractivity contribution in [3.05, 3.63) is 11.4 Å². The number of aliphatic hydroxyl groups excluding tert-OH is 1. The van der Waals surface area contributed by atoms with E-state index in [0.717, 1.165) is 30.6 Å². The van der Waals surface area contributed by atoms with Gasteiger partial charge in [-0.05, 0) is 33.1 Å². The molecule has 0 atom stereocenters. The third kappa shape index (κ3) is 4.19. The van der Waals surface area contributed by atoms with Crippen molar-refractivity contribution in [1.82, 2.24) is 9.97 Å². The molecule has 0 fully saturated rings. The predicted molar refractivity (Wildman–Crippen MR) is 67.5 cm³/mol. The minimum Gasteiger partial charge on any atom is -0.477 e. The Morgan fingerprint density at radius 3 is 2.59 bits per heavy atom. The van der Waals surface area contributed by atoms with Gasteiger partial charge in [-0.15, -0.1) is 0 Å². The first kappa shape index (κ1) is 13.7. The highest BCUT2D eigenvalue weighted by atomic mass is 16.5. The monoisotopic (exact) mass is 239 g/mol. The molecule has 17 heavy (non-hydrogen) atoms. The van der Waals surface area contributed by atoms with E-state index < -0.39 is 0 Å². The Morgan fingerprint density at radius 1 is 1.18 bits per heavy atom. The van der Waals surface area contributed by atoms with Gasteiger partial charge < -0.3 is 15.2 Å². The Bertz CT molecular complexity index is 356. The molecule has 0 aromatic carbocycles. The average Bonchev–Trinajstić information content (AvgIpc) is 2.32. The maximum absolute atomic E-state index is 8.66. The molecule has 1 rings (SSSR count). The summed E-state index contributed by atoms with van der Waals surface area (Å²) in [5, 5.41) is 11.7. The van der Waals surface area contributed by atoms with Crippen LogP contribution in [0.4, 0.5) is 5.82 Å². The minimum absolute atomic E-state index is 0.246. The van der Waals surface area contributed by atoms with E-state index >= 15 is 0 Å². The molecule has 0 saturated carbocycles. The van der Waals surface area contributed by atoms with Crippen molar-refractivity contribution in [3.63, 3.8) is 0 Å². The molecular weight excluding hydrogens is 218 g/mol. The van der Waals surface area contributed by atoms with Gasteiger partial charge in [0.15, 0.2) is 0 Å². The summed E-state index contributed by atoms with van der Waals surface area (Å²) in [6.07, 6.45) is 2.73. The normalized spacial score (nSPS) is 10.4. The Morgan fingerprint density at radius 2 is 1.94 bits per heavy atom. The van der Waals surface area contributed by atoms with Crippen molar-refractivity contribution in [2.75, 3.05) is 25.6 Å². The number of aromatic nitrogens is 2. The molecule has 0 amide bonds. The van der Waals surface area contributed by atoms with Crippen LogP contribution >= 0.6 is 0 Å². The molecule has 96 valence electrons. The number of rotatable bonds is 7. The molecule has 0 spiro atoms. The topological polar surface area (TPSA) is 67.3 Å². The fourth-order valence-electron chi connectivity index (χ4n) is 1.55. The molecule has 0 radical (unpaired) electrons. The summed E-state index contributed by atoms with van der Waals surface area (Å²) in [4.78, 5) is 8.55. The first-order chi connectivity index (χ1) is 8.19. The summed E-state index contributed by atoms with van der Waals surface area (Å²) in [7, 11) is 1.83. The van der Waals surface area contributed by atoms with Gasteiger partial charge in [-0.2, -0.15) is 4.98 Å². The summed E-state index contributed by atoms with van der Waals surface area (Å²) in [6.45, 7) is 4.66. The van der Waals surface area contributed by atoms with Crippen LogP contribution in [0.15, 0.2) is 0 Å². The van der Waals surface area contributed by atoms with Crippen LogP contribution < -0.4 is 10.1 Å². The largest absolute Gasteiger partial charge is 0.477 e. The second-order valence-corrected chi connectivity index (χ2v) is 3.93. The number of nitrogens with one attached hydrogen (secondary N) is 1. The van der Waals surface area contributed by atoms with Gasteiger partial charge in [0, 0.05) is 13.7 Å². The zero-order chi connectivity index (χ0) is 12.7. The summed E-state index contributed by atoms with van der Waals surface area (Å²) >= 11 is 0. The van der Waals surface area contributed by atoms with Gasteiger partial charge in [-0.25, -0.2) is 4.98 Å². The summed E-state index contributed by atoms with van der Waals surface area (Å²) in [5.41, 5.74) is 0.931. The number of aryl methyl sites for hydroxylation is 1. The van der Waals surface area contributed by atoms with E-state index in [1.807, 2.05) is 20.9 Å². The predicted octanol–water partition coefficient (Wildman–Crippen LogP) is 1.68. The van der Waals surface area contributed by atoms with Crippen molar-refractivity contribution >= 4 is 5.82 Å². The third-order valence-electron chi connectivity index (χ3n) is 2.49. The summed E-state index contributed by atoms with van der Waals surface area (Å²) in [5.74, 6) is 2.15. The number of anilines is 1. The standard InChI is InChI=1S/C12H21N3O2/c1-9-11(13-3)14-10(2)15-12(9)17-8-6-4-5-7-16/h16H,4-8H2,1-3H3,(H,13,14,15). The Hall–Kier alpha value is -1.36. The number of hydrogen-bond acceptors (Lipinski definition) is 5. The lowest BCUT2D eigenvalue weighted by molar-refractivity contribution is 0.261. The van der Waals surface area contributed by atoms with Crippen LogP contribution in [-0.4, -0.2) is 35.3 Å². The number of ether oxygens (including phenoxy) is 1. The van der Waals surface area contributed by atoms with Crippen LogP contribution in [0, 0.1) is 13.8 Å². The Kier molecular flexibility index (Phi) is 5.69. The summed E-state index contributed by atoms with van der Waals surface area (Å²) in [6, 6.07) is 0. The number of aliphatic hydroxyl groups is 1. The molecule has 0 saturated heterocycles. The molecular formula is C12H21N3O2. The summed E-state index contributed by atoms with van der Waals surface area (Å²) < 4.78 is 5.63. The van der Waals surface area contributed by atoms with Crippen LogP contribution in [0.3, 0.4) is 0 Å². The Labute approximate surface area is 102 Å². The van der Waals surface area contributed by atoms with E-state index in [4.69, 9.17) is 9.84 Å². The van der Waals surface area contributed by atoms with Gasteiger partial charge in [-0.3, -0.25) is 0 Å². The molecule has 0 aliphatic heterocycles. The molecule has 5 heteroatoms. The average molecular weight is 239 g/mol. The third-order valence-corrected chi connectivity index (χ3v) is 2.49. The maximum Gasteiger partial charge on any atom is 0.221 e. The van der Waals surface area contributed by atoms with Crippen molar-refractivity contribution in [2.24, 2.45) is 0 Å².